The zero-order valence-corrected chi connectivity index (χ0v) is 9.29. The van der Waals surface area contributed by atoms with Gasteiger partial charge in [0.1, 0.15) is 5.82 Å². The number of imidazole rings is 1. The van der Waals surface area contributed by atoms with Gasteiger partial charge in [0, 0.05) is 11.3 Å². The highest BCUT2D eigenvalue weighted by molar-refractivity contribution is 5.64. The Hall–Kier alpha value is -1.84. The maximum Gasteiger partial charge on any atom is 0.198 e. The molecule has 0 unspecified atom stereocenters. The van der Waals surface area contributed by atoms with E-state index in [4.69, 9.17) is 5.73 Å². The Morgan fingerprint density at radius 3 is 2.44 bits per heavy atom. The predicted octanol–water partition coefficient (Wildman–Crippen LogP) is 2.92. The van der Waals surface area contributed by atoms with Gasteiger partial charge in [0.25, 0.3) is 0 Å². The molecule has 0 aliphatic heterocycles. The summed E-state index contributed by atoms with van der Waals surface area (Å²) in [6.45, 7) is 4.11. The van der Waals surface area contributed by atoms with Gasteiger partial charge in [0.05, 0.1) is 5.69 Å². The summed E-state index contributed by atoms with van der Waals surface area (Å²) in [7, 11) is 0. The lowest BCUT2D eigenvalue weighted by atomic mass is 10.0. The van der Waals surface area contributed by atoms with Gasteiger partial charge in [0.15, 0.2) is 5.95 Å². The van der Waals surface area contributed by atoms with Crippen LogP contribution in [0.3, 0.4) is 0 Å². The van der Waals surface area contributed by atoms with Crippen molar-refractivity contribution in [2.24, 2.45) is 0 Å². The second-order valence-electron chi connectivity index (χ2n) is 4.05. The minimum absolute atomic E-state index is 0.252. The number of anilines is 1. The summed E-state index contributed by atoms with van der Waals surface area (Å²) in [6, 6.07) is 6.25. The number of aromatic nitrogens is 2. The molecule has 0 fully saturated rings. The number of nitrogens with two attached hydrogens (primary N) is 1. The first-order valence-electron chi connectivity index (χ1n) is 5.19. The molecular formula is C12H14FN3. The summed E-state index contributed by atoms with van der Waals surface area (Å²) >= 11 is 0. The molecule has 0 radical (unpaired) electrons. The molecular weight excluding hydrogens is 205 g/mol. The maximum atomic E-state index is 12.8. The number of rotatable bonds is 2. The number of benzene rings is 1. The number of nitrogens with zero attached hydrogens (tertiary/aromatic N) is 1. The van der Waals surface area contributed by atoms with Crippen LogP contribution in [0, 0.1) is 5.82 Å². The van der Waals surface area contributed by atoms with Crippen molar-refractivity contribution in [3.8, 4) is 11.3 Å². The van der Waals surface area contributed by atoms with Crippen molar-refractivity contribution in [2.45, 2.75) is 19.8 Å². The van der Waals surface area contributed by atoms with Crippen LogP contribution in [0.5, 0.6) is 0 Å². The molecule has 2 aromatic rings. The topological polar surface area (TPSA) is 54.7 Å². The Morgan fingerprint density at radius 1 is 1.25 bits per heavy atom. The smallest absolute Gasteiger partial charge is 0.198 e. The molecule has 2 rings (SSSR count). The number of hydrogen-bond acceptors (Lipinski definition) is 2. The van der Waals surface area contributed by atoms with Crippen molar-refractivity contribution in [1.29, 1.82) is 0 Å². The number of aromatic amines is 1. The number of H-pyrrole nitrogens is 1. The lowest BCUT2D eigenvalue weighted by Crippen LogP contribution is -1.91. The Kier molecular flexibility index (Phi) is 2.64. The fourth-order valence-corrected chi connectivity index (χ4v) is 1.65. The molecule has 4 heteroatoms. The summed E-state index contributed by atoms with van der Waals surface area (Å²) in [5.74, 6) is 0.436. The van der Waals surface area contributed by atoms with Crippen molar-refractivity contribution >= 4 is 5.95 Å². The van der Waals surface area contributed by atoms with Crippen molar-refractivity contribution in [1.82, 2.24) is 9.97 Å². The van der Waals surface area contributed by atoms with Crippen LogP contribution in [0.15, 0.2) is 24.3 Å². The molecule has 3 nitrogen and oxygen atoms in total. The molecule has 0 atom stereocenters. The second-order valence-corrected chi connectivity index (χ2v) is 4.05. The highest BCUT2D eigenvalue weighted by atomic mass is 19.1. The Morgan fingerprint density at radius 2 is 1.88 bits per heavy atom. The number of hydrogen-bond donors (Lipinski definition) is 2. The first-order chi connectivity index (χ1) is 7.58. The molecule has 1 aromatic carbocycles. The third-order valence-electron chi connectivity index (χ3n) is 2.45. The van der Waals surface area contributed by atoms with Gasteiger partial charge in [-0.3, -0.25) is 0 Å². The molecule has 0 aliphatic rings. The number of nitrogen functional groups attached to an aromatic ring is 1. The predicted molar refractivity (Wildman–Crippen MR) is 62.5 cm³/mol. The summed E-state index contributed by atoms with van der Waals surface area (Å²) in [6.07, 6.45) is 0. The Bertz CT molecular complexity index is 485. The summed E-state index contributed by atoms with van der Waals surface area (Å²) in [5, 5.41) is 0. The second kappa shape index (κ2) is 3.96. The van der Waals surface area contributed by atoms with Gasteiger partial charge in [-0.1, -0.05) is 13.8 Å². The minimum Gasteiger partial charge on any atom is -0.369 e. The SMILES string of the molecule is CC(C)c1[nH]c(N)nc1-c1ccc(F)cc1. The number of halogens is 1. The normalized spacial score (nSPS) is 11.0. The van der Waals surface area contributed by atoms with Crippen LogP contribution < -0.4 is 5.73 Å². The number of nitrogens with one attached hydrogen (secondary N) is 1. The minimum atomic E-state index is -0.252. The largest absolute Gasteiger partial charge is 0.369 e. The van der Waals surface area contributed by atoms with Crippen LogP contribution in [0.2, 0.25) is 0 Å². The molecule has 3 N–H and O–H groups in total. The molecule has 0 saturated heterocycles. The first-order valence-corrected chi connectivity index (χ1v) is 5.19. The van der Waals surface area contributed by atoms with Crippen LogP contribution in [-0.4, -0.2) is 9.97 Å². The van der Waals surface area contributed by atoms with E-state index in [9.17, 15) is 4.39 Å². The molecule has 0 saturated carbocycles. The van der Waals surface area contributed by atoms with E-state index >= 15 is 0 Å². The first kappa shape index (κ1) is 10.7. The van der Waals surface area contributed by atoms with Crippen LogP contribution in [-0.2, 0) is 0 Å². The van der Waals surface area contributed by atoms with E-state index in [1.807, 2.05) is 0 Å². The molecule has 0 bridgehead atoms. The van der Waals surface area contributed by atoms with Gasteiger partial charge in [-0.05, 0) is 30.2 Å². The molecule has 0 amide bonds. The van der Waals surface area contributed by atoms with Gasteiger partial charge in [-0.25, -0.2) is 9.37 Å². The van der Waals surface area contributed by atoms with Crippen LogP contribution >= 0.6 is 0 Å². The van der Waals surface area contributed by atoms with E-state index in [2.05, 4.69) is 23.8 Å². The highest BCUT2D eigenvalue weighted by Crippen LogP contribution is 2.27. The quantitative estimate of drug-likeness (QED) is 0.815. The van der Waals surface area contributed by atoms with Gasteiger partial charge >= 0.3 is 0 Å². The fraction of sp³-hybridized carbons (Fsp3) is 0.250. The van der Waals surface area contributed by atoms with E-state index in [-0.39, 0.29) is 5.82 Å². The zero-order chi connectivity index (χ0) is 11.7. The van der Waals surface area contributed by atoms with E-state index in [0.29, 0.717) is 11.9 Å². The summed E-state index contributed by atoms with van der Waals surface area (Å²) in [5.41, 5.74) is 8.29. The van der Waals surface area contributed by atoms with E-state index in [1.54, 1.807) is 12.1 Å². The van der Waals surface area contributed by atoms with Crippen LogP contribution in [0.4, 0.5) is 10.3 Å². The average molecular weight is 219 g/mol. The molecule has 0 spiro atoms. The summed E-state index contributed by atoms with van der Waals surface area (Å²) in [4.78, 5) is 7.26. The standard InChI is InChI=1S/C12H14FN3/c1-7(2)10-11(16-12(14)15-10)8-3-5-9(13)6-4-8/h3-7H,1-2H3,(H3,14,15,16). The maximum absolute atomic E-state index is 12.8. The van der Waals surface area contributed by atoms with Crippen molar-refractivity contribution < 1.29 is 4.39 Å². The van der Waals surface area contributed by atoms with Crippen molar-refractivity contribution in [3.05, 3.63) is 35.8 Å². The van der Waals surface area contributed by atoms with Gasteiger partial charge < -0.3 is 10.7 Å². The van der Waals surface area contributed by atoms with Gasteiger partial charge in [-0.15, -0.1) is 0 Å². The molecule has 1 aromatic heterocycles. The third kappa shape index (κ3) is 1.91. The van der Waals surface area contributed by atoms with E-state index in [1.165, 1.54) is 12.1 Å². The van der Waals surface area contributed by atoms with Crippen molar-refractivity contribution in [3.63, 3.8) is 0 Å². The van der Waals surface area contributed by atoms with Crippen LogP contribution in [0.1, 0.15) is 25.5 Å². The van der Waals surface area contributed by atoms with E-state index < -0.39 is 0 Å². The van der Waals surface area contributed by atoms with Gasteiger partial charge in [0.2, 0.25) is 0 Å². The lowest BCUT2D eigenvalue weighted by Gasteiger charge is -2.05. The third-order valence-corrected chi connectivity index (χ3v) is 2.45. The molecule has 0 aliphatic carbocycles. The Labute approximate surface area is 93.5 Å². The zero-order valence-electron chi connectivity index (χ0n) is 9.29. The van der Waals surface area contributed by atoms with Crippen molar-refractivity contribution in [2.75, 3.05) is 5.73 Å². The lowest BCUT2D eigenvalue weighted by molar-refractivity contribution is 0.628. The average Bonchev–Trinajstić information content (AvgIpc) is 2.61. The summed E-state index contributed by atoms with van der Waals surface area (Å²) < 4.78 is 12.8. The fourth-order valence-electron chi connectivity index (χ4n) is 1.65. The van der Waals surface area contributed by atoms with Gasteiger partial charge in [-0.2, -0.15) is 0 Å². The molecule has 16 heavy (non-hydrogen) atoms. The Balaban J connectivity index is 2.50. The molecule has 1 heterocycles. The van der Waals surface area contributed by atoms with E-state index in [0.717, 1.165) is 17.0 Å². The molecule has 84 valence electrons. The van der Waals surface area contributed by atoms with Crippen LogP contribution in [0.25, 0.3) is 11.3 Å². The monoisotopic (exact) mass is 219 g/mol. The highest BCUT2D eigenvalue weighted by Gasteiger charge is 2.13.